The topological polar surface area (TPSA) is 58.5 Å². The summed E-state index contributed by atoms with van der Waals surface area (Å²) in [6, 6.07) is 0.537. The fraction of sp³-hybridized carbons (Fsp3) is 0.800. The predicted octanol–water partition coefficient (Wildman–Crippen LogP) is 1.04. The van der Waals surface area contributed by atoms with E-state index in [9.17, 15) is 0 Å². The van der Waals surface area contributed by atoms with Crippen molar-refractivity contribution in [2.75, 3.05) is 25.2 Å². The molecule has 2 rings (SSSR count). The highest BCUT2D eigenvalue weighted by atomic mass is 32.1. The predicted molar refractivity (Wildman–Crippen MR) is 62.7 cm³/mol. The number of nitrogens with zero attached hydrogens (tertiary/aromatic N) is 3. The Morgan fingerprint density at radius 3 is 2.94 bits per heavy atom. The molecule has 0 aliphatic heterocycles. The first-order valence-electron chi connectivity index (χ1n) is 5.54. The lowest BCUT2D eigenvalue weighted by Crippen LogP contribution is -2.41. The van der Waals surface area contributed by atoms with Gasteiger partial charge in [0.05, 0.1) is 6.61 Å². The largest absolute Gasteiger partial charge is 0.395 e. The molecule has 1 N–H and O–H groups in total. The van der Waals surface area contributed by atoms with Gasteiger partial charge in [-0.25, -0.2) is 4.98 Å². The summed E-state index contributed by atoms with van der Waals surface area (Å²) in [4.78, 5) is 6.59. The third kappa shape index (κ3) is 2.50. The van der Waals surface area contributed by atoms with E-state index in [0.717, 1.165) is 11.0 Å². The van der Waals surface area contributed by atoms with E-state index in [1.165, 1.54) is 30.8 Å². The van der Waals surface area contributed by atoms with E-state index in [0.29, 0.717) is 19.2 Å². The molecule has 1 aromatic rings. The first kappa shape index (κ1) is 11.8. The van der Waals surface area contributed by atoms with Gasteiger partial charge < -0.3 is 14.7 Å². The van der Waals surface area contributed by atoms with Gasteiger partial charge in [0, 0.05) is 31.2 Å². The molecule has 1 aromatic heterocycles. The minimum atomic E-state index is 0.162. The number of hydrogen-bond acceptors (Lipinski definition) is 6. The Hall–Kier alpha value is -0.720. The van der Waals surface area contributed by atoms with E-state index in [2.05, 4.69) is 14.3 Å². The fourth-order valence-corrected chi connectivity index (χ4v) is 2.56. The van der Waals surface area contributed by atoms with Gasteiger partial charge in [0.15, 0.2) is 5.82 Å². The van der Waals surface area contributed by atoms with Crippen LogP contribution in [-0.4, -0.2) is 40.8 Å². The highest BCUT2D eigenvalue weighted by molar-refractivity contribution is 7.09. The van der Waals surface area contributed by atoms with E-state index in [1.54, 1.807) is 7.11 Å². The van der Waals surface area contributed by atoms with Crippen LogP contribution in [0.25, 0.3) is 0 Å². The summed E-state index contributed by atoms with van der Waals surface area (Å²) in [6.45, 7) is 1.26. The summed E-state index contributed by atoms with van der Waals surface area (Å²) in [6.07, 6.45) is 3.66. The monoisotopic (exact) mass is 243 g/mol. The van der Waals surface area contributed by atoms with Gasteiger partial charge in [-0.1, -0.05) is 0 Å². The second-order valence-electron chi connectivity index (χ2n) is 3.93. The van der Waals surface area contributed by atoms with Crippen molar-refractivity contribution < 1.29 is 9.84 Å². The molecule has 16 heavy (non-hydrogen) atoms. The third-order valence-electron chi connectivity index (χ3n) is 2.83. The van der Waals surface area contributed by atoms with Gasteiger partial charge in [-0.2, -0.15) is 4.37 Å². The summed E-state index contributed by atoms with van der Waals surface area (Å²) in [7, 11) is 1.64. The van der Waals surface area contributed by atoms with Gasteiger partial charge in [0.2, 0.25) is 5.13 Å². The fourth-order valence-electron chi connectivity index (χ4n) is 1.79. The Bertz CT molecular complexity index is 328. The van der Waals surface area contributed by atoms with E-state index in [4.69, 9.17) is 9.84 Å². The van der Waals surface area contributed by atoms with Crippen LogP contribution in [0.4, 0.5) is 5.13 Å². The van der Waals surface area contributed by atoms with Crippen molar-refractivity contribution in [2.45, 2.75) is 31.9 Å². The average molecular weight is 243 g/mol. The smallest absolute Gasteiger partial charge is 0.205 e. The van der Waals surface area contributed by atoms with Crippen molar-refractivity contribution in [1.29, 1.82) is 0 Å². The van der Waals surface area contributed by atoms with Gasteiger partial charge in [-0.05, 0) is 19.3 Å². The van der Waals surface area contributed by atoms with Crippen LogP contribution in [0, 0.1) is 0 Å². The molecule has 1 aliphatic carbocycles. The molecular formula is C10H17N3O2S. The number of aromatic nitrogens is 2. The Morgan fingerprint density at radius 2 is 2.38 bits per heavy atom. The van der Waals surface area contributed by atoms with Gasteiger partial charge in [-0.3, -0.25) is 0 Å². The molecular weight excluding hydrogens is 226 g/mol. The van der Waals surface area contributed by atoms with Crippen molar-refractivity contribution in [3.63, 3.8) is 0 Å². The standard InChI is InChI=1S/C10H17N3O2S/c1-15-7-9-11-10(16-12-9)13(5-6-14)8-3-2-4-8/h8,14H,2-7H2,1H3. The second-order valence-corrected chi connectivity index (χ2v) is 4.66. The van der Waals surface area contributed by atoms with Crippen LogP contribution >= 0.6 is 11.5 Å². The van der Waals surface area contributed by atoms with Crippen molar-refractivity contribution in [3.05, 3.63) is 5.82 Å². The van der Waals surface area contributed by atoms with Gasteiger partial charge in [0.25, 0.3) is 0 Å². The maximum atomic E-state index is 9.07. The summed E-state index contributed by atoms with van der Waals surface area (Å²) in [5, 5.41) is 9.97. The molecule has 0 radical (unpaired) electrons. The maximum Gasteiger partial charge on any atom is 0.205 e. The lowest BCUT2D eigenvalue weighted by molar-refractivity contribution is 0.179. The number of rotatable bonds is 6. The lowest BCUT2D eigenvalue weighted by atomic mass is 9.92. The molecule has 5 nitrogen and oxygen atoms in total. The number of methoxy groups -OCH3 is 1. The molecule has 1 aliphatic rings. The normalized spacial score (nSPS) is 16.1. The molecule has 0 saturated heterocycles. The van der Waals surface area contributed by atoms with Crippen molar-refractivity contribution in [2.24, 2.45) is 0 Å². The maximum absolute atomic E-state index is 9.07. The molecule has 0 aromatic carbocycles. The first-order chi connectivity index (χ1) is 7.85. The van der Waals surface area contributed by atoms with Crippen LogP contribution in [0.5, 0.6) is 0 Å². The Kier molecular flexibility index (Phi) is 4.09. The Balaban J connectivity index is 2.04. The molecule has 0 amide bonds. The molecule has 6 heteroatoms. The minimum Gasteiger partial charge on any atom is -0.395 e. The van der Waals surface area contributed by atoms with Gasteiger partial charge in [-0.15, -0.1) is 0 Å². The van der Waals surface area contributed by atoms with Crippen LogP contribution in [-0.2, 0) is 11.3 Å². The molecule has 1 fully saturated rings. The van der Waals surface area contributed by atoms with Crippen LogP contribution < -0.4 is 4.90 Å². The number of anilines is 1. The van der Waals surface area contributed by atoms with E-state index in [-0.39, 0.29) is 6.61 Å². The Labute approximate surface area is 99.2 Å². The summed E-state index contributed by atoms with van der Waals surface area (Å²) in [5.41, 5.74) is 0. The molecule has 1 heterocycles. The first-order valence-corrected chi connectivity index (χ1v) is 6.31. The van der Waals surface area contributed by atoms with Crippen LogP contribution in [0.1, 0.15) is 25.1 Å². The average Bonchev–Trinajstić information content (AvgIpc) is 2.63. The molecule has 90 valence electrons. The number of hydrogen-bond donors (Lipinski definition) is 1. The van der Waals surface area contributed by atoms with Crippen LogP contribution in [0.15, 0.2) is 0 Å². The molecule has 0 unspecified atom stereocenters. The summed E-state index contributed by atoms with van der Waals surface area (Å²) >= 11 is 1.39. The van der Waals surface area contributed by atoms with Crippen LogP contribution in [0.3, 0.4) is 0 Å². The lowest BCUT2D eigenvalue weighted by Gasteiger charge is -2.36. The van der Waals surface area contributed by atoms with E-state index in [1.807, 2.05) is 0 Å². The highest BCUT2D eigenvalue weighted by Crippen LogP contribution is 2.30. The number of aliphatic hydroxyl groups excluding tert-OH is 1. The molecule has 1 saturated carbocycles. The second kappa shape index (κ2) is 5.56. The van der Waals surface area contributed by atoms with Crippen molar-refractivity contribution in [1.82, 2.24) is 9.36 Å². The number of ether oxygens (including phenoxy) is 1. The van der Waals surface area contributed by atoms with Gasteiger partial charge in [0.1, 0.15) is 6.61 Å². The molecule has 0 spiro atoms. The summed E-state index contributed by atoms with van der Waals surface area (Å²) in [5.74, 6) is 0.727. The SMILES string of the molecule is COCc1nsc(N(CCO)C2CCC2)n1. The van der Waals surface area contributed by atoms with Crippen molar-refractivity contribution >= 4 is 16.7 Å². The van der Waals surface area contributed by atoms with Crippen molar-refractivity contribution in [3.8, 4) is 0 Å². The zero-order chi connectivity index (χ0) is 11.4. The zero-order valence-corrected chi connectivity index (χ0v) is 10.2. The summed E-state index contributed by atoms with van der Waals surface area (Å²) < 4.78 is 9.23. The number of aliphatic hydroxyl groups is 1. The zero-order valence-electron chi connectivity index (χ0n) is 9.43. The minimum absolute atomic E-state index is 0.162. The Morgan fingerprint density at radius 1 is 1.56 bits per heavy atom. The van der Waals surface area contributed by atoms with E-state index >= 15 is 0 Å². The highest BCUT2D eigenvalue weighted by Gasteiger charge is 2.27. The third-order valence-corrected chi connectivity index (χ3v) is 3.62. The van der Waals surface area contributed by atoms with Gasteiger partial charge >= 0.3 is 0 Å². The van der Waals surface area contributed by atoms with Crippen LogP contribution in [0.2, 0.25) is 0 Å². The molecule has 0 bridgehead atoms. The quantitative estimate of drug-likeness (QED) is 0.809. The molecule has 0 atom stereocenters. The van der Waals surface area contributed by atoms with E-state index < -0.39 is 0 Å².